The summed E-state index contributed by atoms with van der Waals surface area (Å²) in [5, 5.41) is 9.32. The molecule has 0 aliphatic carbocycles. The van der Waals surface area contributed by atoms with E-state index in [0.717, 1.165) is 0 Å². The van der Waals surface area contributed by atoms with Crippen molar-refractivity contribution >= 4 is 23.2 Å². The third-order valence-electron chi connectivity index (χ3n) is 3.77. The fourth-order valence-electron chi connectivity index (χ4n) is 2.54. The van der Waals surface area contributed by atoms with Crippen molar-refractivity contribution in [3.63, 3.8) is 0 Å². The average Bonchev–Trinajstić information content (AvgIpc) is 3.13. The van der Waals surface area contributed by atoms with Gasteiger partial charge in [-0.2, -0.15) is 18.4 Å². The number of halogens is 3. The van der Waals surface area contributed by atoms with Gasteiger partial charge in [0.25, 0.3) is 0 Å². The summed E-state index contributed by atoms with van der Waals surface area (Å²) >= 11 is 0.357. The van der Waals surface area contributed by atoms with Crippen LogP contribution in [0.15, 0.2) is 72.3 Å². The summed E-state index contributed by atoms with van der Waals surface area (Å²) in [7, 11) is 0. The molecule has 2 aromatic carbocycles. The lowest BCUT2D eigenvalue weighted by atomic mass is 10.0. The molecule has 0 bridgehead atoms. The zero-order valence-corrected chi connectivity index (χ0v) is 14.6. The molecule has 3 rings (SSSR count). The SMILES string of the molecule is N#C/C(=C\c1ccccc1)C(=O)c1cc(-c2ccccc2)c(C(F)(F)F)s1. The van der Waals surface area contributed by atoms with Gasteiger partial charge in [-0.1, -0.05) is 60.7 Å². The van der Waals surface area contributed by atoms with Gasteiger partial charge in [-0.25, -0.2) is 0 Å². The molecule has 27 heavy (non-hydrogen) atoms. The van der Waals surface area contributed by atoms with Crippen LogP contribution in [0.1, 0.15) is 20.1 Å². The first-order chi connectivity index (χ1) is 12.9. The second-order valence-electron chi connectivity index (χ2n) is 5.63. The summed E-state index contributed by atoms with van der Waals surface area (Å²) in [5.41, 5.74) is 0.716. The molecule has 0 saturated carbocycles. The molecule has 6 heteroatoms. The van der Waals surface area contributed by atoms with Crippen LogP contribution in [0.25, 0.3) is 17.2 Å². The highest BCUT2D eigenvalue weighted by molar-refractivity contribution is 7.14. The Morgan fingerprint density at radius 2 is 1.59 bits per heavy atom. The van der Waals surface area contributed by atoms with Crippen LogP contribution in [0, 0.1) is 11.3 Å². The number of nitrogens with zero attached hydrogens (tertiary/aromatic N) is 1. The maximum Gasteiger partial charge on any atom is 0.426 e. The maximum absolute atomic E-state index is 13.5. The van der Waals surface area contributed by atoms with Gasteiger partial charge in [-0.15, -0.1) is 11.3 Å². The molecule has 134 valence electrons. The van der Waals surface area contributed by atoms with E-state index in [-0.39, 0.29) is 16.0 Å². The highest BCUT2D eigenvalue weighted by atomic mass is 32.1. The average molecular weight is 383 g/mol. The summed E-state index contributed by atoms with van der Waals surface area (Å²) in [6.45, 7) is 0. The van der Waals surface area contributed by atoms with E-state index < -0.39 is 16.8 Å². The first-order valence-electron chi connectivity index (χ1n) is 7.88. The van der Waals surface area contributed by atoms with Gasteiger partial charge < -0.3 is 0 Å². The molecule has 0 spiro atoms. The van der Waals surface area contributed by atoms with Crippen LogP contribution < -0.4 is 0 Å². The predicted octanol–water partition coefficient (Wildman–Crippen LogP) is 6.22. The van der Waals surface area contributed by atoms with Crippen LogP contribution in [0.2, 0.25) is 0 Å². The van der Waals surface area contributed by atoms with Crippen molar-refractivity contribution in [2.45, 2.75) is 6.18 Å². The van der Waals surface area contributed by atoms with Crippen molar-refractivity contribution in [2.24, 2.45) is 0 Å². The molecule has 2 nitrogen and oxygen atoms in total. The molecular formula is C21H12F3NOS. The zero-order chi connectivity index (χ0) is 19.4. The normalized spacial score (nSPS) is 11.9. The number of Topliss-reactive ketones (excluding diaryl/α,β-unsaturated/α-hetero) is 1. The van der Waals surface area contributed by atoms with Gasteiger partial charge in [0.15, 0.2) is 0 Å². The van der Waals surface area contributed by atoms with Crippen LogP contribution >= 0.6 is 11.3 Å². The Balaban J connectivity index is 2.07. The van der Waals surface area contributed by atoms with Gasteiger partial charge in [0, 0.05) is 5.56 Å². The quantitative estimate of drug-likeness (QED) is 0.305. The van der Waals surface area contributed by atoms with Crippen LogP contribution in [-0.4, -0.2) is 5.78 Å². The third-order valence-corrected chi connectivity index (χ3v) is 4.95. The molecule has 0 radical (unpaired) electrons. The minimum absolute atomic E-state index is 0.0616. The summed E-state index contributed by atoms with van der Waals surface area (Å²) in [6.07, 6.45) is -3.22. The molecule has 0 aliphatic rings. The summed E-state index contributed by atoms with van der Waals surface area (Å²) in [4.78, 5) is 11.7. The monoisotopic (exact) mass is 383 g/mol. The summed E-state index contributed by atoms with van der Waals surface area (Å²) in [6, 6.07) is 19.7. The summed E-state index contributed by atoms with van der Waals surface area (Å²) < 4.78 is 40.4. The Kier molecular flexibility index (Phi) is 5.24. The van der Waals surface area contributed by atoms with Crippen LogP contribution in [0.5, 0.6) is 0 Å². The minimum Gasteiger partial charge on any atom is -0.287 e. The first kappa shape index (κ1) is 18.6. The second-order valence-corrected chi connectivity index (χ2v) is 6.68. The number of alkyl halides is 3. The number of carbonyl (C=O) groups excluding carboxylic acids is 1. The predicted molar refractivity (Wildman–Crippen MR) is 99.1 cm³/mol. The van der Waals surface area contributed by atoms with Crippen molar-refractivity contribution in [3.05, 3.63) is 87.6 Å². The Morgan fingerprint density at radius 1 is 1.00 bits per heavy atom. The van der Waals surface area contributed by atoms with Gasteiger partial charge in [-0.05, 0) is 23.3 Å². The van der Waals surface area contributed by atoms with Gasteiger partial charge in [0.2, 0.25) is 5.78 Å². The lowest BCUT2D eigenvalue weighted by molar-refractivity contribution is -0.133. The fraction of sp³-hybridized carbons (Fsp3) is 0.0476. The van der Waals surface area contributed by atoms with Crippen molar-refractivity contribution < 1.29 is 18.0 Å². The lowest BCUT2D eigenvalue weighted by Crippen LogP contribution is -2.03. The standard InChI is InChI=1S/C21H12F3NOS/c22-21(23,24)20-17(15-9-5-2-6-10-15)12-18(27-20)19(26)16(13-25)11-14-7-3-1-4-8-14/h1-12H/b16-11+. The van der Waals surface area contributed by atoms with E-state index in [1.807, 2.05) is 0 Å². The van der Waals surface area contributed by atoms with Crippen LogP contribution in [0.3, 0.4) is 0 Å². The number of hydrogen-bond donors (Lipinski definition) is 0. The minimum atomic E-state index is -4.59. The Hall–Kier alpha value is -3.17. The first-order valence-corrected chi connectivity index (χ1v) is 8.70. The van der Waals surface area contributed by atoms with Crippen molar-refractivity contribution in [1.29, 1.82) is 5.26 Å². The lowest BCUT2D eigenvalue weighted by Gasteiger charge is -2.07. The van der Waals surface area contributed by atoms with Crippen molar-refractivity contribution in [1.82, 2.24) is 0 Å². The van der Waals surface area contributed by atoms with E-state index in [9.17, 15) is 23.2 Å². The molecule has 1 heterocycles. The molecule has 0 atom stereocenters. The third kappa shape index (κ3) is 4.15. The maximum atomic E-state index is 13.5. The number of benzene rings is 2. The number of nitriles is 1. The molecule has 0 unspecified atom stereocenters. The topological polar surface area (TPSA) is 40.9 Å². The van der Waals surface area contributed by atoms with E-state index in [0.29, 0.717) is 22.5 Å². The van der Waals surface area contributed by atoms with Gasteiger partial charge >= 0.3 is 6.18 Å². The van der Waals surface area contributed by atoms with Gasteiger partial charge in [0.05, 0.1) is 4.88 Å². The molecular weight excluding hydrogens is 371 g/mol. The van der Waals surface area contributed by atoms with Crippen LogP contribution in [-0.2, 0) is 6.18 Å². The Labute approximate surface area is 157 Å². The fourth-order valence-corrected chi connectivity index (χ4v) is 3.54. The zero-order valence-electron chi connectivity index (χ0n) is 13.8. The molecule has 0 aliphatic heterocycles. The molecule has 3 aromatic rings. The second kappa shape index (κ2) is 7.60. The largest absolute Gasteiger partial charge is 0.426 e. The summed E-state index contributed by atoms with van der Waals surface area (Å²) in [5.74, 6) is -0.723. The number of carbonyl (C=O) groups is 1. The molecule has 1 aromatic heterocycles. The molecule has 0 N–H and O–H groups in total. The van der Waals surface area contributed by atoms with Crippen molar-refractivity contribution in [3.8, 4) is 17.2 Å². The van der Waals surface area contributed by atoms with E-state index in [1.54, 1.807) is 66.7 Å². The van der Waals surface area contributed by atoms with E-state index >= 15 is 0 Å². The number of ketones is 1. The highest BCUT2D eigenvalue weighted by Gasteiger charge is 2.37. The van der Waals surface area contributed by atoms with Gasteiger partial charge in [0.1, 0.15) is 16.5 Å². The number of thiophene rings is 1. The Bertz CT molecular complexity index is 1030. The molecule has 0 fully saturated rings. The molecule has 0 amide bonds. The van der Waals surface area contributed by atoms with E-state index in [1.165, 1.54) is 12.1 Å². The number of rotatable bonds is 4. The van der Waals surface area contributed by atoms with E-state index in [2.05, 4.69) is 0 Å². The van der Waals surface area contributed by atoms with Crippen molar-refractivity contribution in [2.75, 3.05) is 0 Å². The number of allylic oxidation sites excluding steroid dienone is 1. The highest BCUT2D eigenvalue weighted by Crippen LogP contribution is 2.43. The smallest absolute Gasteiger partial charge is 0.287 e. The Morgan fingerprint density at radius 3 is 2.15 bits per heavy atom. The van der Waals surface area contributed by atoms with Gasteiger partial charge in [-0.3, -0.25) is 4.79 Å². The molecule has 0 saturated heterocycles. The van der Waals surface area contributed by atoms with E-state index in [4.69, 9.17) is 0 Å². The number of hydrogen-bond acceptors (Lipinski definition) is 3. The van der Waals surface area contributed by atoms with Crippen LogP contribution in [0.4, 0.5) is 13.2 Å².